The Kier molecular flexibility index (Phi) is 6.78. The zero-order valence-electron chi connectivity index (χ0n) is 18.8. The van der Waals surface area contributed by atoms with Gasteiger partial charge in [-0.05, 0) is 57.2 Å². The van der Waals surface area contributed by atoms with E-state index in [2.05, 4.69) is 5.32 Å². The first-order valence-electron chi connectivity index (χ1n) is 11.0. The highest BCUT2D eigenvalue weighted by molar-refractivity contribution is 7.17. The summed E-state index contributed by atoms with van der Waals surface area (Å²) < 4.78 is 10.4. The average molecular weight is 485 g/mol. The SMILES string of the molecule is CC(C)OC(=O)c1c(NC(=O)COC(=O)CN2C(=O)c3ccccc3C2=O)sc2c1CCCC2. The number of esters is 2. The number of anilines is 1. The van der Waals surface area contributed by atoms with Gasteiger partial charge < -0.3 is 14.8 Å². The molecule has 1 aromatic carbocycles. The number of carbonyl (C=O) groups excluding carboxylic acids is 5. The number of benzene rings is 1. The van der Waals surface area contributed by atoms with Gasteiger partial charge in [-0.15, -0.1) is 11.3 Å². The molecule has 178 valence electrons. The minimum atomic E-state index is -0.894. The van der Waals surface area contributed by atoms with Gasteiger partial charge in [0, 0.05) is 4.88 Å². The predicted octanol–water partition coefficient (Wildman–Crippen LogP) is 2.97. The third kappa shape index (κ3) is 4.72. The number of ether oxygens (including phenoxy) is 2. The summed E-state index contributed by atoms with van der Waals surface area (Å²) in [7, 11) is 0. The molecule has 0 fully saturated rings. The molecule has 2 aliphatic rings. The van der Waals surface area contributed by atoms with E-state index in [1.807, 2.05) is 0 Å². The van der Waals surface area contributed by atoms with E-state index in [4.69, 9.17) is 9.47 Å². The van der Waals surface area contributed by atoms with Crippen molar-refractivity contribution in [3.8, 4) is 0 Å². The van der Waals surface area contributed by atoms with Crippen molar-refractivity contribution in [2.45, 2.75) is 45.6 Å². The van der Waals surface area contributed by atoms with Crippen LogP contribution in [0.1, 0.15) is 68.2 Å². The molecule has 0 atom stereocenters. The molecule has 3 amide bonds. The molecular weight excluding hydrogens is 460 g/mol. The first-order valence-corrected chi connectivity index (χ1v) is 11.8. The molecule has 0 saturated heterocycles. The summed E-state index contributed by atoms with van der Waals surface area (Å²) in [6.45, 7) is 2.29. The molecule has 0 unspecified atom stereocenters. The number of hydrogen-bond donors (Lipinski definition) is 1. The van der Waals surface area contributed by atoms with Gasteiger partial charge in [0.25, 0.3) is 17.7 Å². The normalized spacial score (nSPS) is 14.6. The average Bonchev–Trinajstić information content (AvgIpc) is 3.28. The second-order valence-electron chi connectivity index (χ2n) is 8.32. The number of amides is 3. The molecule has 1 aliphatic carbocycles. The summed E-state index contributed by atoms with van der Waals surface area (Å²) in [6.07, 6.45) is 3.22. The standard InChI is InChI=1S/C24H24N2O7S/c1-13(2)33-24(31)20-16-9-5-6-10-17(16)34-21(20)25-18(27)12-32-19(28)11-26-22(29)14-7-3-4-8-15(14)23(26)30/h3-4,7-8,13H,5-6,9-12H2,1-2H3,(H,25,27). The van der Waals surface area contributed by atoms with Crippen molar-refractivity contribution in [2.24, 2.45) is 0 Å². The third-order valence-corrected chi connectivity index (χ3v) is 6.71. The van der Waals surface area contributed by atoms with Crippen LogP contribution in [0.15, 0.2) is 24.3 Å². The fraction of sp³-hybridized carbons (Fsp3) is 0.375. The second-order valence-corrected chi connectivity index (χ2v) is 9.43. The first-order chi connectivity index (χ1) is 16.3. The van der Waals surface area contributed by atoms with Gasteiger partial charge in [0.05, 0.1) is 22.8 Å². The minimum absolute atomic E-state index is 0.223. The smallest absolute Gasteiger partial charge is 0.341 e. The molecule has 1 aliphatic heterocycles. The molecule has 34 heavy (non-hydrogen) atoms. The highest BCUT2D eigenvalue weighted by Crippen LogP contribution is 2.38. The summed E-state index contributed by atoms with van der Waals surface area (Å²) in [4.78, 5) is 64.0. The van der Waals surface area contributed by atoms with Gasteiger partial charge in [-0.1, -0.05) is 12.1 Å². The van der Waals surface area contributed by atoms with Crippen LogP contribution in [-0.2, 0) is 31.9 Å². The molecule has 4 rings (SSSR count). The fourth-order valence-electron chi connectivity index (χ4n) is 4.01. The Hall–Kier alpha value is -3.53. The lowest BCUT2D eigenvalue weighted by molar-refractivity contribution is -0.147. The van der Waals surface area contributed by atoms with Gasteiger partial charge in [0.15, 0.2) is 6.61 Å². The van der Waals surface area contributed by atoms with Gasteiger partial charge in [-0.3, -0.25) is 24.1 Å². The monoisotopic (exact) mass is 484 g/mol. The molecule has 10 heteroatoms. The summed E-state index contributed by atoms with van der Waals surface area (Å²) >= 11 is 1.33. The van der Waals surface area contributed by atoms with E-state index in [9.17, 15) is 24.0 Å². The van der Waals surface area contributed by atoms with Crippen molar-refractivity contribution >= 4 is 46.0 Å². The second kappa shape index (κ2) is 9.76. The lowest BCUT2D eigenvalue weighted by Crippen LogP contribution is -2.36. The van der Waals surface area contributed by atoms with Crippen molar-refractivity contribution in [3.63, 3.8) is 0 Å². The largest absolute Gasteiger partial charge is 0.459 e. The lowest BCUT2D eigenvalue weighted by atomic mass is 9.95. The number of fused-ring (bicyclic) bond motifs is 2. The number of hydrogen-bond acceptors (Lipinski definition) is 8. The van der Waals surface area contributed by atoms with E-state index in [1.54, 1.807) is 26.0 Å². The van der Waals surface area contributed by atoms with E-state index in [0.717, 1.165) is 41.0 Å². The maximum atomic E-state index is 12.7. The van der Waals surface area contributed by atoms with Crippen LogP contribution in [0.5, 0.6) is 0 Å². The molecule has 0 bridgehead atoms. The quantitative estimate of drug-likeness (QED) is 0.474. The van der Waals surface area contributed by atoms with Crippen LogP contribution >= 0.6 is 11.3 Å². The number of rotatable bonds is 7. The fourth-order valence-corrected chi connectivity index (χ4v) is 5.30. The van der Waals surface area contributed by atoms with Crippen LogP contribution in [0.3, 0.4) is 0 Å². The van der Waals surface area contributed by atoms with Crippen LogP contribution in [0.4, 0.5) is 5.00 Å². The highest BCUT2D eigenvalue weighted by atomic mass is 32.1. The van der Waals surface area contributed by atoms with Crippen LogP contribution in [-0.4, -0.2) is 53.8 Å². The predicted molar refractivity (Wildman–Crippen MR) is 123 cm³/mol. The topological polar surface area (TPSA) is 119 Å². The maximum Gasteiger partial charge on any atom is 0.341 e. The molecule has 0 radical (unpaired) electrons. The Bertz CT molecular complexity index is 1150. The van der Waals surface area contributed by atoms with E-state index in [1.165, 1.54) is 23.5 Å². The summed E-state index contributed by atoms with van der Waals surface area (Å²) in [5.41, 5.74) is 1.71. The summed E-state index contributed by atoms with van der Waals surface area (Å²) in [6, 6.07) is 6.28. The lowest BCUT2D eigenvalue weighted by Gasteiger charge is -2.14. The van der Waals surface area contributed by atoms with Crippen molar-refractivity contribution in [1.82, 2.24) is 4.90 Å². The summed E-state index contributed by atoms with van der Waals surface area (Å²) in [5, 5.41) is 3.03. The van der Waals surface area contributed by atoms with Gasteiger partial charge >= 0.3 is 11.9 Å². The van der Waals surface area contributed by atoms with E-state index < -0.39 is 42.8 Å². The molecule has 1 aromatic heterocycles. The molecule has 9 nitrogen and oxygen atoms in total. The van der Waals surface area contributed by atoms with E-state index in [-0.39, 0.29) is 17.2 Å². The van der Waals surface area contributed by atoms with Crippen LogP contribution in [0, 0.1) is 0 Å². The number of imide groups is 1. The Morgan fingerprint density at radius 2 is 1.71 bits per heavy atom. The number of thiophene rings is 1. The molecular formula is C24H24N2O7S. The highest BCUT2D eigenvalue weighted by Gasteiger charge is 2.36. The molecule has 0 spiro atoms. The van der Waals surface area contributed by atoms with Gasteiger partial charge in [-0.25, -0.2) is 4.79 Å². The number of aryl methyl sites for hydroxylation is 1. The van der Waals surface area contributed by atoms with Crippen LogP contribution < -0.4 is 5.32 Å². The minimum Gasteiger partial charge on any atom is -0.459 e. The number of nitrogens with zero attached hydrogens (tertiary/aromatic N) is 1. The van der Waals surface area contributed by atoms with E-state index >= 15 is 0 Å². The molecule has 2 heterocycles. The van der Waals surface area contributed by atoms with Gasteiger partial charge in [-0.2, -0.15) is 0 Å². The Balaban J connectivity index is 1.38. The summed E-state index contributed by atoms with van der Waals surface area (Å²) in [5.74, 6) is -3.19. The van der Waals surface area contributed by atoms with Crippen LogP contribution in [0.25, 0.3) is 0 Å². The van der Waals surface area contributed by atoms with Crippen molar-refractivity contribution in [1.29, 1.82) is 0 Å². The molecule has 0 saturated carbocycles. The first kappa shape index (κ1) is 23.6. The Morgan fingerprint density at radius 1 is 1.06 bits per heavy atom. The number of nitrogens with one attached hydrogen (secondary N) is 1. The zero-order valence-corrected chi connectivity index (χ0v) is 19.7. The number of carbonyl (C=O) groups is 5. The van der Waals surface area contributed by atoms with Gasteiger partial charge in [0.1, 0.15) is 11.5 Å². The van der Waals surface area contributed by atoms with Crippen molar-refractivity contribution in [2.75, 3.05) is 18.5 Å². The zero-order chi connectivity index (χ0) is 24.4. The molecule has 1 N–H and O–H groups in total. The Morgan fingerprint density at radius 3 is 2.35 bits per heavy atom. The van der Waals surface area contributed by atoms with Crippen molar-refractivity contribution < 1.29 is 33.4 Å². The Labute approximate surface area is 200 Å². The maximum absolute atomic E-state index is 12.7. The third-order valence-electron chi connectivity index (χ3n) is 5.50. The van der Waals surface area contributed by atoms with Crippen molar-refractivity contribution in [3.05, 3.63) is 51.4 Å². The molecule has 2 aromatic rings. The van der Waals surface area contributed by atoms with E-state index in [0.29, 0.717) is 10.6 Å². The van der Waals surface area contributed by atoms with Crippen LogP contribution in [0.2, 0.25) is 0 Å². The van der Waals surface area contributed by atoms with Gasteiger partial charge in [0.2, 0.25) is 0 Å².